The third-order valence-electron chi connectivity index (χ3n) is 3.40. The van der Waals surface area contributed by atoms with Gasteiger partial charge in [0.25, 0.3) is 5.91 Å². The molecule has 0 atom stereocenters. The number of anilines is 1. The average molecular weight is 318 g/mol. The van der Waals surface area contributed by atoms with Crippen molar-refractivity contribution in [1.82, 2.24) is 0 Å². The summed E-state index contributed by atoms with van der Waals surface area (Å²) in [6.07, 6.45) is 0. The van der Waals surface area contributed by atoms with Crippen molar-refractivity contribution in [3.8, 4) is 0 Å². The molecule has 0 spiro atoms. The molecule has 0 bridgehead atoms. The van der Waals surface area contributed by atoms with Gasteiger partial charge in [-0.2, -0.15) is 0 Å². The second-order valence-corrected chi connectivity index (χ2v) is 6.16. The lowest BCUT2D eigenvalue weighted by molar-refractivity contribution is 0.0606. The van der Waals surface area contributed by atoms with Crippen molar-refractivity contribution in [3.63, 3.8) is 0 Å². The molecule has 6 heteroatoms. The Morgan fingerprint density at radius 2 is 2.05 bits per heavy atom. The number of nitrogens with two attached hydrogens (primary N) is 1. The van der Waals surface area contributed by atoms with Crippen molar-refractivity contribution in [2.45, 2.75) is 20.4 Å². The highest BCUT2D eigenvalue weighted by atomic mass is 32.1. The van der Waals surface area contributed by atoms with Crippen LogP contribution in [-0.4, -0.2) is 19.0 Å². The standard InChI is InChI=1S/C16H18N2O3S/c1-9-5-4-6-12(14(9)15(17)19)18-8-11-7-13(16(20)21-3)22-10(11)2/h4-7,18H,8H2,1-3H3,(H2,17,19). The van der Waals surface area contributed by atoms with Gasteiger partial charge in [-0.25, -0.2) is 4.79 Å². The zero-order chi connectivity index (χ0) is 16.3. The first-order valence-electron chi connectivity index (χ1n) is 6.75. The van der Waals surface area contributed by atoms with Crippen LogP contribution in [0.15, 0.2) is 24.3 Å². The Labute approximate surface area is 133 Å². The second-order valence-electron chi connectivity index (χ2n) is 4.90. The summed E-state index contributed by atoms with van der Waals surface area (Å²) in [5, 5.41) is 3.22. The molecule has 1 aromatic carbocycles. The SMILES string of the molecule is COC(=O)c1cc(CNc2cccc(C)c2C(N)=O)c(C)s1. The normalized spacial score (nSPS) is 10.3. The van der Waals surface area contributed by atoms with Gasteiger partial charge in [0.15, 0.2) is 0 Å². The number of thiophene rings is 1. The predicted octanol–water partition coefficient (Wildman–Crippen LogP) is 2.86. The first-order valence-corrected chi connectivity index (χ1v) is 7.56. The highest BCUT2D eigenvalue weighted by molar-refractivity contribution is 7.14. The number of carbonyl (C=O) groups excluding carboxylic acids is 2. The van der Waals surface area contributed by atoms with Gasteiger partial charge < -0.3 is 15.8 Å². The van der Waals surface area contributed by atoms with Crippen molar-refractivity contribution in [1.29, 1.82) is 0 Å². The smallest absolute Gasteiger partial charge is 0.348 e. The van der Waals surface area contributed by atoms with Crippen molar-refractivity contribution < 1.29 is 14.3 Å². The number of hydrogen-bond donors (Lipinski definition) is 2. The molecule has 0 aliphatic carbocycles. The van der Waals surface area contributed by atoms with E-state index in [9.17, 15) is 9.59 Å². The number of ether oxygens (including phenoxy) is 1. The van der Waals surface area contributed by atoms with Gasteiger partial charge in [0.1, 0.15) is 4.88 Å². The minimum absolute atomic E-state index is 0.340. The number of esters is 1. The van der Waals surface area contributed by atoms with Crippen molar-refractivity contribution >= 4 is 28.9 Å². The number of rotatable bonds is 5. The van der Waals surface area contributed by atoms with Gasteiger partial charge in [0, 0.05) is 17.1 Å². The van der Waals surface area contributed by atoms with Crippen LogP contribution in [0.5, 0.6) is 0 Å². The zero-order valence-corrected chi connectivity index (χ0v) is 13.5. The van der Waals surface area contributed by atoms with Gasteiger partial charge in [-0.05, 0) is 37.1 Å². The summed E-state index contributed by atoms with van der Waals surface area (Å²) in [6, 6.07) is 7.33. The summed E-state index contributed by atoms with van der Waals surface area (Å²) in [5.74, 6) is -0.800. The van der Waals surface area contributed by atoms with Crippen LogP contribution in [0.4, 0.5) is 5.69 Å². The summed E-state index contributed by atoms with van der Waals surface area (Å²) >= 11 is 1.39. The first kappa shape index (κ1) is 16.0. The summed E-state index contributed by atoms with van der Waals surface area (Å²) in [5.41, 5.74) is 8.44. The number of nitrogens with one attached hydrogen (secondary N) is 1. The number of hydrogen-bond acceptors (Lipinski definition) is 5. The molecule has 0 saturated heterocycles. The summed E-state index contributed by atoms with van der Waals surface area (Å²) in [4.78, 5) is 24.7. The molecule has 0 radical (unpaired) electrons. The lowest BCUT2D eigenvalue weighted by Gasteiger charge is -2.12. The molecular formula is C16H18N2O3S. The van der Waals surface area contributed by atoms with E-state index in [0.717, 1.165) is 16.0 Å². The Balaban J connectivity index is 2.21. The highest BCUT2D eigenvalue weighted by Gasteiger charge is 2.14. The van der Waals surface area contributed by atoms with E-state index in [1.807, 2.05) is 32.0 Å². The maximum absolute atomic E-state index is 11.6. The lowest BCUT2D eigenvalue weighted by Crippen LogP contribution is -2.16. The Kier molecular flexibility index (Phi) is 4.82. The van der Waals surface area contributed by atoms with E-state index >= 15 is 0 Å². The highest BCUT2D eigenvalue weighted by Crippen LogP contribution is 2.25. The molecule has 2 aromatic rings. The molecule has 0 fully saturated rings. The van der Waals surface area contributed by atoms with E-state index in [-0.39, 0.29) is 5.97 Å². The van der Waals surface area contributed by atoms with Crippen LogP contribution in [-0.2, 0) is 11.3 Å². The first-order chi connectivity index (χ1) is 10.4. The van der Waals surface area contributed by atoms with Gasteiger partial charge in [0.05, 0.1) is 12.7 Å². The molecule has 5 nitrogen and oxygen atoms in total. The van der Waals surface area contributed by atoms with Crippen molar-refractivity contribution in [2.24, 2.45) is 5.73 Å². The van der Waals surface area contributed by atoms with E-state index < -0.39 is 5.91 Å². The van der Waals surface area contributed by atoms with Gasteiger partial charge in [0.2, 0.25) is 0 Å². The van der Waals surface area contributed by atoms with E-state index in [1.54, 1.807) is 6.07 Å². The molecule has 1 amide bonds. The molecule has 22 heavy (non-hydrogen) atoms. The third kappa shape index (κ3) is 3.28. The van der Waals surface area contributed by atoms with E-state index in [2.05, 4.69) is 5.32 Å². The Bertz CT molecular complexity index is 722. The van der Waals surface area contributed by atoms with Gasteiger partial charge in [-0.3, -0.25) is 4.79 Å². The van der Waals surface area contributed by atoms with Crippen LogP contribution in [0, 0.1) is 13.8 Å². The Morgan fingerprint density at radius 3 is 2.68 bits per heavy atom. The Hall–Kier alpha value is -2.34. The second kappa shape index (κ2) is 6.62. The molecule has 1 heterocycles. The molecular weight excluding hydrogens is 300 g/mol. The van der Waals surface area contributed by atoms with Crippen LogP contribution in [0.25, 0.3) is 0 Å². The molecule has 0 aliphatic rings. The summed E-state index contributed by atoms with van der Waals surface area (Å²) in [7, 11) is 1.36. The third-order valence-corrected chi connectivity index (χ3v) is 4.47. The predicted molar refractivity (Wildman–Crippen MR) is 87.4 cm³/mol. The van der Waals surface area contributed by atoms with Gasteiger partial charge >= 0.3 is 5.97 Å². The van der Waals surface area contributed by atoms with Gasteiger partial charge in [-0.1, -0.05) is 12.1 Å². The lowest BCUT2D eigenvalue weighted by atomic mass is 10.1. The van der Waals surface area contributed by atoms with Crippen molar-refractivity contribution in [3.05, 3.63) is 50.7 Å². The monoisotopic (exact) mass is 318 g/mol. The fourth-order valence-corrected chi connectivity index (χ4v) is 3.19. The Morgan fingerprint density at radius 1 is 1.32 bits per heavy atom. The fraction of sp³-hybridized carbons (Fsp3) is 0.250. The molecule has 3 N–H and O–H groups in total. The van der Waals surface area contributed by atoms with Gasteiger partial charge in [-0.15, -0.1) is 11.3 Å². The number of carbonyl (C=O) groups is 2. The molecule has 0 unspecified atom stereocenters. The molecule has 2 rings (SSSR count). The largest absolute Gasteiger partial charge is 0.465 e. The number of aryl methyl sites for hydroxylation is 2. The van der Waals surface area contributed by atoms with E-state index in [0.29, 0.717) is 22.7 Å². The average Bonchev–Trinajstić information content (AvgIpc) is 2.85. The van der Waals surface area contributed by atoms with Crippen LogP contribution >= 0.6 is 11.3 Å². The number of amides is 1. The minimum atomic E-state index is -0.460. The quantitative estimate of drug-likeness (QED) is 0.831. The minimum Gasteiger partial charge on any atom is -0.465 e. The van der Waals surface area contributed by atoms with Crippen LogP contribution in [0.2, 0.25) is 0 Å². The van der Waals surface area contributed by atoms with E-state index in [1.165, 1.54) is 18.4 Å². The molecule has 0 aliphatic heterocycles. The number of methoxy groups -OCH3 is 1. The van der Waals surface area contributed by atoms with Crippen molar-refractivity contribution in [2.75, 3.05) is 12.4 Å². The summed E-state index contributed by atoms with van der Waals surface area (Å²) in [6.45, 7) is 4.29. The van der Waals surface area contributed by atoms with Crippen LogP contribution in [0.1, 0.15) is 36.0 Å². The molecule has 1 aromatic heterocycles. The number of primary amides is 1. The maximum atomic E-state index is 11.6. The topological polar surface area (TPSA) is 81.4 Å². The molecule has 116 valence electrons. The van der Waals surface area contributed by atoms with Crippen LogP contribution in [0.3, 0.4) is 0 Å². The van der Waals surface area contributed by atoms with Crippen LogP contribution < -0.4 is 11.1 Å². The number of benzene rings is 1. The molecule has 0 saturated carbocycles. The fourth-order valence-electron chi connectivity index (χ4n) is 2.23. The van der Waals surface area contributed by atoms with E-state index in [4.69, 9.17) is 10.5 Å². The zero-order valence-electron chi connectivity index (χ0n) is 12.7. The summed E-state index contributed by atoms with van der Waals surface area (Å²) < 4.78 is 4.72. The maximum Gasteiger partial charge on any atom is 0.348 e.